The number of rotatable bonds is 5. The molecule has 1 N–H and O–H groups in total. The monoisotopic (exact) mass is 434 g/mol. The molecular formula is C15H17Br2ClN2O. The fraction of sp³-hybridized carbons (Fsp3) is 0.400. The average Bonchev–Trinajstić information content (AvgIpc) is 2.78. The molecule has 2 rings (SSSR count). The van der Waals surface area contributed by atoms with Gasteiger partial charge in [0.1, 0.15) is 0 Å². The average molecular weight is 437 g/mol. The second-order valence-corrected chi connectivity index (χ2v) is 6.82. The van der Waals surface area contributed by atoms with Crippen LogP contribution in [0, 0.1) is 0 Å². The first-order chi connectivity index (χ1) is 9.97. The molecule has 1 heterocycles. The van der Waals surface area contributed by atoms with Crippen LogP contribution in [0.3, 0.4) is 0 Å². The van der Waals surface area contributed by atoms with Gasteiger partial charge in [0.15, 0.2) is 0 Å². The summed E-state index contributed by atoms with van der Waals surface area (Å²) in [5.41, 5.74) is 2.84. The molecule has 2 aromatic rings. The van der Waals surface area contributed by atoms with Crippen LogP contribution in [0.1, 0.15) is 36.9 Å². The Hall–Kier alpha value is -0.360. The third-order valence-corrected chi connectivity index (χ3v) is 5.56. The summed E-state index contributed by atoms with van der Waals surface area (Å²) in [4.78, 5) is 0. The number of aliphatic hydroxyl groups excluding tert-OH is 1. The van der Waals surface area contributed by atoms with Gasteiger partial charge in [0.05, 0.1) is 27.0 Å². The fourth-order valence-electron chi connectivity index (χ4n) is 2.23. The second kappa shape index (κ2) is 7.27. The maximum absolute atomic E-state index is 10.5. The minimum absolute atomic E-state index is 0.499. The highest BCUT2D eigenvalue weighted by Gasteiger charge is 2.18. The van der Waals surface area contributed by atoms with Gasteiger partial charge in [-0.05, 0) is 62.9 Å². The molecule has 0 radical (unpaired) electrons. The third-order valence-electron chi connectivity index (χ3n) is 3.41. The normalized spacial score (nSPS) is 12.7. The lowest BCUT2D eigenvalue weighted by molar-refractivity contribution is 0.175. The highest BCUT2D eigenvalue weighted by Crippen LogP contribution is 2.30. The molecule has 0 amide bonds. The maximum atomic E-state index is 10.5. The van der Waals surface area contributed by atoms with Crippen molar-refractivity contribution in [3.8, 4) is 0 Å². The van der Waals surface area contributed by atoms with Crippen molar-refractivity contribution in [2.24, 2.45) is 0 Å². The Bertz CT molecular complexity index is 643. The fourth-order valence-corrected chi connectivity index (χ4v) is 3.39. The Kier molecular flexibility index (Phi) is 5.88. The minimum atomic E-state index is -0.612. The van der Waals surface area contributed by atoms with E-state index in [2.05, 4.69) is 43.9 Å². The Balaban J connectivity index is 2.28. The number of hydrogen-bond donors (Lipinski definition) is 1. The van der Waals surface area contributed by atoms with Crippen molar-refractivity contribution in [3.63, 3.8) is 0 Å². The van der Waals surface area contributed by atoms with E-state index in [0.717, 1.165) is 38.9 Å². The van der Waals surface area contributed by atoms with Crippen LogP contribution in [0.15, 0.2) is 27.1 Å². The Morgan fingerprint density at radius 2 is 2.05 bits per heavy atom. The highest BCUT2D eigenvalue weighted by molar-refractivity contribution is 9.10. The molecule has 1 atom stereocenters. The largest absolute Gasteiger partial charge is 0.388 e. The van der Waals surface area contributed by atoms with E-state index in [1.807, 2.05) is 23.7 Å². The van der Waals surface area contributed by atoms with Crippen molar-refractivity contribution in [1.29, 1.82) is 0 Å². The van der Waals surface area contributed by atoms with E-state index in [4.69, 9.17) is 11.6 Å². The van der Waals surface area contributed by atoms with Gasteiger partial charge in [-0.2, -0.15) is 5.10 Å². The molecule has 0 spiro atoms. The van der Waals surface area contributed by atoms with Gasteiger partial charge in [0.2, 0.25) is 0 Å². The topological polar surface area (TPSA) is 38.0 Å². The number of nitrogens with zero attached hydrogens (tertiary/aromatic N) is 2. The van der Waals surface area contributed by atoms with E-state index in [1.165, 1.54) is 0 Å². The van der Waals surface area contributed by atoms with E-state index < -0.39 is 6.10 Å². The molecule has 3 nitrogen and oxygen atoms in total. The summed E-state index contributed by atoms with van der Waals surface area (Å²) < 4.78 is 3.76. The first-order valence-electron chi connectivity index (χ1n) is 6.84. The molecule has 1 aromatic carbocycles. The summed E-state index contributed by atoms with van der Waals surface area (Å²) in [5, 5.41) is 15.6. The highest BCUT2D eigenvalue weighted by atomic mass is 79.9. The van der Waals surface area contributed by atoms with Crippen molar-refractivity contribution in [2.75, 3.05) is 0 Å². The van der Waals surface area contributed by atoms with Crippen LogP contribution in [0.25, 0.3) is 0 Å². The predicted octanol–water partition coefficient (Wildman–Crippen LogP) is 4.92. The Labute approximate surface area is 146 Å². The molecule has 0 saturated heterocycles. The van der Waals surface area contributed by atoms with Crippen LogP contribution in [0.5, 0.6) is 0 Å². The molecule has 0 bridgehead atoms. The molecule has 1 unspecified atom stereocenters. The van der Waals surface area contributed by atoms with Crippen molar-refractivity contribution in [3.05, 3.63) is 49.1 Å². The number of benzene rings is 1. The third kappa shape index (κ3) is 3.70. The van der Waals surface area contributed by atoms with Crippen LogP contribution < -0.4 is 0 Å². The molecule has 1 aromatic heterocycles. The number of aromatic nitrogens is 2. The molecule has 0 aliphatic heterocycles. The summed E-state index contributed by atoms with van der Waals surface area (Å²) in [6.45, 7) is 4.90. The number of hydrogen-bond acceptors (Lipinski definition) is 2. The van der Waals surface area contributed by atoms with Crippen LogP contribution in [0.2, 0.25) is 5.02 Å². The van der Waals surface area contributed by atoms with E-state index in [1.54, 1.807) is 6.07 Å². The molecule has 0 aliphatic rings. The van der Waals surface area contributed by atoms with E-state index in [9.17, 15) is 5.11 Å². The van der Waals surface area contributed by atoms with Gasteiger partial charge >= 0.3 is 0 Å². The van der Waals surface area contributed by atoms with Crippen molar-refractivity contribution >= 4 is 43.5 Å². The zero-order chi connectivity index (χ0) is 15.6. The number of aliphatic hydroxyl groups is 1. The van der Waals surface area contributed by atoms with Gasteiger partial charge in [0.25, 0.3) is 0 Å². The molecule has 0 saturated carbocycles. The second-order valence-electron chi connectivity index (χ2n) is 4.77. The smallest absolute Gasteiger partial charge is 0.0846 e. The van der Waals surface area contributed by atoms with Gasteiger partial charge in [-0.15, -0.1) is 0 Å². The Morgan fingerprint density at radius 3 is 2.62 bits per heavy atom. The van der Waals surface area contributed by atoms with Crippen LogP contribution in [0.4, 0.5) is 0 Å². The zero-order valence-electron chi connectivity index (χ0n) is 11.9. The standard InChI is InChI=1S/C15H17Br2ClN2O/c1-3-12-15(17)13(20(4-2)19-12)8-14(21)9-5-6-10(16)11(18)7-9/h5-7,14,21H,3-4,8H2,1-2H3. The van der Waals surface area contributed by atoms with Gasteiger partial charge in [-0.25, -0.2) is 0 Å². The lowest BCUT2D eigenvalue weighted by atomic mass is 10.0. The van der Waals surface area contributed by atoms with Crippen LogP contribution >= 0.6 is 43.5 Å². The molecule has 21 heavy (non-hydrogen) atoms. The summed E-state index contributed by atoms with van der Waals surface area (Å²) in [6, 6.07) is 5.52. The van der Waals surface area contributed by atoms with Crippen molar-refractivity contribution < 1.29 is 5.11 Å². The van der Waals surface area contributed by atoms with E-state index in [-0.39, 0.29) is 0 Å². The van der Waals surface area contributed by atoms with Gasteiger partial charge in [-0.3, -0.25) is 4.68 Å². The molecular weight excluding hydrogens is 419 g/mol. The zero-order valence-corrected chi connectivity index (χ0v) is 15.8. The van der Waals surface area contributed by atoms with Gasteiger partial charge in [0, 0.05) is 17.4 Å². The molecule has 0 fully saturated rings. The van der Waals surface area contributed by atoms with Crippen LogP contribution in [-0.2, 0) is 19.4 Å². The molecule has 114 valence electrons. The lowest BCUT2D eigenvalue weighted by Crippen LogP contribution is -2.09. The maximum Gasteiger partial charge on any atom is 0.0846 e. The first kappa shape index (κ1) is 17.0. The lowest BCUT2D eigenvalue weighted by Gasteiger charge is -2.13. The SMILES string of the molecule is CCc1nn(CC)c(CC(O)c2ccc(Br)c(Cl)c2)c1Br. The predicted molar refractivity (Wildman–Crippen MR) is 92.8 cm³/mol. The van der Waals surface area contributed by atoms with E-state index >= 15 is 0 Å². The Morgan fingerprint density at radius 1 is 1.33 bits per heavy atom. The first-order valence-corrected chi connectivity index (χ1v) is 8.81. The number of halogens is 3. The quantitative estimate of drug-likeness (QED) is 0.723. The summed E-state index contributed by atoms with van der Waals surface area (Å²) in [6.07, 6.45) is 0.749. The molecule has 6 heteroatoms. The van der Waals surface area contributed by atoms with Crippen molar-refractivity contribution in [1.82, 2.24) is 9.78 Å². The summed E-state index contributed by atoms with van der Waals surface area (Å²) >= 11 is 13.1. The minimum Gasteiger partial charge on any atom is -0.388 e. The molecule has 0 aliphatic carbocycles. The van der Waals surface area contributed by atoms with E-state index in [0.29, 0.717) is 11.4 Å². The van der Waals surface area contributed by atoms with Gasteiger partial charge < -0.3 is 5.11 Å². The summed E-state index contributed by atoms with van der Waals surface area (Å²) in [5.74, 6) is 0. The van der Waals surface area contributed by atoms with Crippen molar-refractivity contribution in [2.45, 2.75) is 39.3 Å². The van der Waals surface area contributed by atoms with Crippen LogP contribution in [-0.4, -0.2) is 14.9 Å². The summed E-state index contributed by atoms with van der Waals surface area (Å²) in [7, 11) is 0. The number of aryl methyl sites for hydroxylation is 2. The van der Waals surface area contributed by atoms with Gasteiger partial charge in [-0.1, -0.05) is 24.6 Å².